The molecule has 9 heteroatoms. The van der Waals surface area contributed by atoms with Crippen molar-refractivity contribution in [3.05, 3.63) is 64.9 Å². The number of aldehydes is 1. The molecule has 0 radical (unpaired) electrons. The van der Waals surface area contributed by atoms with Crippen LogP contribution in [0.4, 0.5) is 9.52 Å². The molecular formula is C22H29FN6OS. The van der Waals surface area contributed by atoms with Crippen molar-refractivity contribution in [1.82, 2.24) is 24.3 Å². The number of carbonyl (C=O) groups is 1. The first-order chi connectivity index (χ1) is 15.0. The number of nitrogens with zero attached hydrogens (tertiary/aromatic N) is 5. The molecule has 0 fully saturated rings. The summed E-state index contributed by atoms with van der Waals surface area (Å²) in [6.07, 6.45) is 6.45. The molecular weight excluding hydrogens is 415 g/mol. The third-order valence-corrected chi connectivity index (χ3v) is 6.22. The Morgan fingerprint density at radius 2 is 2.00 bits per heavy atom. The number of carbonyl (C=O) groups excluding carboxylic acids is 1. The molecule has 0 spiro atoms. The molecule has 0 saturated heterocycles. The third-order valence-electron chi connectivity index (χ3n) is 5.23. The van der Waals surface area contributed by atoms with Crippen LogP contribution in [0.3, 0.4) is 0 Å². The first-order valence-electron chi connectivity index (χ1n) is 10.2. The summed E-state index contributed by atoms with van der Waals surface area (Å²) in [4.78, 5) is 25.4. The van der Waals surface area contributed by atoms with Gasteiger partial charge in [-0.1, -0.05) is 12.1 Å². The van der Waals surface area contributed by atoms with Gasteiger partial charge >= 0.3 is 0 Å². The summed E-state index contributed by atoms with van der Waals surface area (Å²) in [5.74, 6) is -0.247. The van der Waals surface area contributed by atoms with Crippen LogP contribution < -0.4 is 5.32 Å². The molecule has 3 aromatic rings. The number of aromatic nitrogens is 3. The Balaban J connectivity index is 1.60. The van der Waals surface area contributed by atoms with Gasteiger partial charge in [0, 0.05) is 50.5 Å². The third kappa shape index (κ3) is 6.43. The molecule has 0 saturated carbocycles. The van der Waals surface area contributed by atoms with Gasteiger partial charge in [0.15, 0.2) is 5.13 Å². The lowest BCUT2D eigenvalue weighted by atomic mass is 10.1. The largest absolute Gasteiger partial charge is 0.365 e. The molecule has 0 amide bonds. The molecule has 1 aromatic carbocycles. The van der Waals surface area contributed by atoms with Gasteiger partial charge in [-0.3, -0.25) is 9.80 Å². The average molecular weight is 445 g/mol. The normalized spacial score (nSPS) is 12.5. The number of rotatable bonds is 12. The van der Waals surface area contributed by atoms with Crippen molar-refractivity contribution in [2.75, 3.05) is 39.0 Å². The van der Waals surface area contributed by atoms with Gasteiger partial charge in [0.1, 0.15) is 12.1 Å². The molecule has 7 nitrogen and oxygen atoms in total. The number of anilines is 1. The minimum Gasteiger partial charge on any atom is -0.365 e. The first-order valence-corrected chi connectivity index (χ1v) is 11.0. The van der Waals surface area contributed by atoms with Gasteiger partial charge in [-0.15, -0.1) is 11.3 Å². The van der Waals surface area contributed by atoms with E-state index >= 15 is 0 Å². The van der Waals surface area contributed by atoms with E-state index in [1.54, 1.807) is 29.8 Å². The van der Waals surface area contributed by atoms with Crippen LogP contribution in [0.1, 0.15) is 29.1 Å². The lowest BCUT2D eigenvalue weighted by Gasteiger charge is -2.25. The smallest absolute Gasteiger partial charge is 0.182 e. The highest BCUT2D eigenvalue weighted by Crippen LogP contribution is 2.21. The zero-order valence-electron chi connectivity index (χ0n) is 18.2. The standard InChI is InChI=1S/C22H29FN6OS/c1-17(18-4-6-19(23)7-5-18)29-16-25-12-20(29)14-28(10-11-30)9-8-27(3)15-21-13-26-22(24-2)31-21/h4-7,11-13,16-17H,8-10,14-15H2,1-3H3,(H,24,26). The van der Waals surface area contributed by atoms with Crippen molar-refractivity contribution in [3.8, 4) is 0 Å². The van der Waals surface area contributed by atoms with E-state index in [1.807, 2.05) is 19.4 Å². The van der Waals surface area contributed by atoms with Crippen molar-refractivity contribution >= 4 is 22.8 Å². The van der Waals surface area contributed by atoms with E-state index < -0.39 is 0 Å². The van der Waals surface area contributed by atoms with Crippen molar-refractivity contribution in [2.45, 2.75) is 26.1 Å². The number of halogens is 1. The van der Waals surface area contributed by atoms with Crippen molar-refractivity contribution < 1.29 is 9.18 Å². The second-order valence-corrected chi connectivity index (χ2v) is 8.66. The maximum Gasteiger partial charge on any atom is 0.182 e. The summed E-state index contributed by atoms with van der Waals surface area (Å²) in [6, 6.07) is 6.55. The molecule has 3 rings (SSSR count). The second kappa shape index (κ2) is 11.1. The summed E-state index contributed by atoms with van der Waals surface area (Å²) in [5.41, 5.74) is 2.02. The average Bonchev–Trinajstić information content (AvgIpc) is 3.41. The molecule has 1 N–H and O–H groups in total. The zero-order valence-corrected chi connectivity index (χ0v) is 19.0. The van der Waals surface area contributed by atoms with E-state index in [0.717, 1.165) is 42.3 Å². The molecule has 0 aliphatic heterocycles. The highest BCUT2D eigenvalue weighted by Gasteiger charge is 2.15. The number of thiazole rings is 1. The van der Waals surface area contributed by atoms with Crippen LogP contribution in [-0.2, 0) is 17.9 Å². The summed E-state index contributed by atoms with van der Waals surface area (Å²) >= 11 is 1.64. The fraction of sp³-hybridized carbons (Fsp3) is 0.409. The van der Waals surface area contributed by atoms with Gasteiger partial charge in [-0.25, -0.2) is 14.4 Å². The van der Waals surface area contributed by atoms with Crippen LogP contribution in [0.25, 0.3) is 0 Å². The van der Waals surface area contributed by atoms with Crippen molar-refractivity contribution in [2.24, 2.45) is 0 Å². The quantitative estimate of drug-likeness (QED) is 0.433. The van der Waals surface area contributed by atoms with Gasteiger partial charge < -0.3 is 14.7 Å². The van der Waals surface area contributed by atoms with Crippen LogP contribution in [0.15, 0.2) is 43.0 Å². The Kier molecular flexibility index (Phi) is 8.27. The number of benzene rings is 1. The van der Waals surface area contributed by atoms with E-state index in [2.05, 4.69) is 43.6 Å². The SMILES string of the molecule is CNc1ncc(CN(C)CCN(CC=O)Cc2cncn2C(C)c2ccc(F)cc2)s1. The van der Waals surface area contributed by atoms with Crippen molar-refractivity contribution in [1.29, 1.82) is 0 Å². The van der Waals surface area contributed by atoms with E-state index in [0.29, 0.717) is 13.1 Å². The lowest BCUT2D eigenvalue weighted by molar-refractivity contribution is -0.109. The van der Waals surface area contributed by atoms with E-state index in [9.17, 15) is 9.18 Å². The predicted octanol–water partition coefficient (Wildman–Crippen LogP) is 3.26. The highest BCUT2D eigenvalue weighted by molar-refractivity contribution is 7.15. The monoisotopic (exact) mass is 444 g/mol. The highest BCUT2D eigenvalue weighted by atomic mass is 32.1. The molecule has 1 unspecified atom stereocenters. The molecule has 2 heterocycles. The number of nitrogens with one attached hydrogen (secondary N) is 1. The number of hydrogen-bond acceptors (Lipinski definition) is 7. The van der Waals surface area contributed by atoms with Gasteiger partial charge in [-0.05, 0) is 31.7 Å². The minimum absolute atomic E-state index is 0.0200. The van der Waals surface area contributed by atoms with Gasteiger partial charge in [-0.2, -0.15) is 0 Å². The summed E-state index contributed by atoms with van der Waals surface area (Å²) in [7, 11) is 3.93. The topological polar surface area (TPSA) is 66.3 Å². The molecule has 0 aliphatic rings. The van der Waals surface area contributed by atoms with E-state index in [1.165, 1.54) is 17.0 Å². The van der Waals surface area contributed by atoms with Crippen LogP contribution >= 0.6 is 11.3 Å². The molecule has 31 heavy (non-hydrogen) atoms. The molecule has 166 valence electrons. The van der Waals surface area contributed by atoms with E-state index in [4.69, 9.17) is 0 Å². The van der Waals surface area contributed by atoms with Crippen LogP contribution in [-0.4, -0.2) is 64.4 Å². The Morgan fingerprint density at radius 3 is 2.68 bits per heavy atom. The van der Waals surface area contributed by atoms with E-state index in [-0.39, 0.29) is 11.9 Å². The van der Waals surface area contributed by atoms with Gasteiger partial charge in [0.05, 0.1) is 24.6 Å². The fourth-order valence-electron chi connectivity index (χ4n) is 3.43. The van der Waals surface area contributed by atoms with Crippen molar-refractivity contribution in [3.63, 3.8) is 0 Å². The maximum atomic E-state index is 13.3. The molecule has 1 atom stereocenters. The van der Waals surface area contributed by atoms with Crippen LogP contribution in [0.2, 0.25) is 0 Å². The fourth-order valence-corrected chi connectivity index (χ4v) is 4.27. The second-order valence-electron chi connectivity index (χ2n) is 7.54. The number of imidazole rings is 1. The first kappa shape index (κ1) is 23.1. The summed E-state index contributed by atoms with van der Waals surface area (Å²) in [6.45, 7) is 5.42. The maximum absolute atomic E-state index is 13.3. The molecule has 0 aliphatic carbocycles. The Bertz CT molecular complexity index is 957. The molecule has 2 aromatic heterocycles. The Hall–Kier alpha value is -2.62. The summed E-state index contributed by atoms with van der Waals surface area (Å²) < 4.78 is 15.3. The Labute approximate surface area is 186 Å². The number of likely N-dealkylation sites (N-methyl/N-ethyl adjacent to an activating group) is 1. The number of hydrogen-bond donors (Lipinski definition) is 1. The summed E-state index contributed by atoms with van der Waals surface area (Å²) in [5, 5.41) is 3.97. The predicted molar refractivity (Wildman–Crippen MR) is 122 cm³/mol. The van der Waals surface area contributed by atoms with Crippen LogP contribution in [0, 0.1) is 5.82 Å². The minimum atomic E-state index is -0.247. The van der Waals surface area contributed by atoms with Gasteiger partial charge in [0.2, 0.25) is 0 Å². The molecule has 0 bridgehead atoms. The zero-order chi connectivity index (χ0) is 22.2. The van der Waals surface area contributed by atoms with Gasteiger partial charge in [0.25, 0.3) is 0 Å². The lowest BCUT2D eigenvalue weighted by Crippen LogP contribution is -2.34. The Morgan fingerprint density at radius 1 is 1.23 bits per heavy atom. The van der Waals surface area contributed by atoms with Crippen LogP contribution in [0.5, 0.6) is 0 Å².